The molecule has 0 aliphatic carbocycles. The van der Waals surface area contributed by atoms with Crippen LogP contribution < -0.4 is 14.9 Å². The molecule has 8 heteroatoms. The Morgan fingerprint density at radius 1 is 1.22 bits per heavy atom. The van der Waals surface area contributed by atoms with Crippen LogP contribution in [0.1, 0.15) is 25.0 Å². The summed E-state index contributed by atoms with van der Waals surface area (Å²) in [6.07, 6.45) is 0.157. The minimum absolute atomic E-state index is 0.145. The molecular weight excluding hydrogens is 350 g/mol. The Bertz CT molecular complexity index is 847. The maximum Gasteiger partial charge on any atom is 0.311 e. The standard InChI is InChI=1S/C19H21N3O5/c1-4-27-18-10-7-15(12-17(18)22(24)25)13(2)20-21-19(23)11-14-5-8-16(26-3)9-6-14/h5-10,12H,4,11H2,1-3H3,(H,21,23)/b20-13-. The van der Waals surface area contributed by atoms with Crippen LogP contribution in [0.25, 0.3) is 0 Å². The van der Waals surface area contributed by atoms with Crippen LogP contribution in [0.15, 0.2) is 47.6 Å². The van der Waals surface area contributed by atoms with Crippen LogP contribution in [0.5, 0.6) is 11.5 Å². The molecule has 0 fully saturated rings. The predicted molar refractivity (Wildman–Crippen MR) is 101 cm³/mol. The van der Waals surface area contributed by atoms with Crippen molar-refractivity contribution in [3.05, 3.63) is 63.7 Å². The fourth-order valence-electron chi connectivity index (χ4n) is 2.34. The molecule has 1 N–H and O–H groups in total. The number of ether oxygens (including phenoxy) is 2. The molecule has 1 amide bonds. The van der Waals surface area contributed by atoms with Gasteiger partial charge in [0.2, 0.25) is 5.91 Å². The zero-order valence-electron chi connectivity index (χ0n) is 15.4. The normalized spacial score (nSPS) is 11.0. The summed E-state index contributed by atoms with van der Waals surface area (Å²) in [5.74, 6) is 0.618. The van der Waals surface area contributed by atoms with Gasteiger partial charge in [-0.15, -0.1) is 0 Å². The first-order chi connectivity index (χ1) is 12.9. The van der Waals surface area contributed by atoms with Gasteiger partial charge in [-0.3, -0.25) is 14.9 Å². The van der Waals surface area contributed by atoms with Gasteiger partial charge in [-0.1, -0.05) is 12.1 Å². The van der Waals surface area contributed by atoms with Gasteiger partial charge in [-0.2, -0.15) is 5.10 Å². The van der Waals surface area contributed by atoms with Gasteiger partial charge in [0.25, 0.3) is 0 Å². The minimum Gasteiger partial charge on any atom is -0.497 e. The van der Waals surface area contributed by atoms with Gasteiger partial charge in [-0.25, -0.2) is 5.43 Å². The second-order valence-corrected chi connectivity index (χ2v) is 5.63. The van der Waals surface area contributed by atoms with Crippen molar-refractivity contribution in [2.45, 2.75) is 20.3 Å². The van der Waals surface area contributed by atoms with Crippen molar-refractivity contribution < 1.29 is 19.2 Å². The summed E-state index contributed by atoms with van der Waals surface area (Å²) in [5.41, 5.74) is 4.11. The third kappa shape index (κ3) is 5.53. The number of nitrogens with one attached hydrogen (secondary N) is 1. The van der Waals surface area contributed by atoms with E-state index in [9.17, 15) is 14.9 Å². The average molecular weight is 371 g/mol. The van der Waals surface area contributed by atoms with Crippen LogP contribution in [-0.4, -0.2) is 30.3 Å². The highest BCUT2D eigenvalue weighted by Crippen LogP contribution is 2.28. The van der Waals surface area contributed by atoms with E-state index in [-0.39, 0.29) is 23.8 Å². The largest absolute Gasteiger partial charge is 0.497 e. The molecule has 0 saturated carbocycles. The summed E-state index contributed by atoms with van der Waals surface area (Å²) < 4.78 is 10.3. The zero-order chi connectivity index (χ0) is 19.8. The second-order valence-electron chi connectivity index (χ2n) is 5.63. The number of methoxy groups -OCH3 is 1. The molecule has 0 aliphatic rings. The molecule has 0 saturated heterocycles. The van der Waals surface area contributed by atoms with Crippen LogP contribution in [0.4, 0.5) is 5.69 Å². The lowest BCUT2D eigenvalue weighted by molar-refractivity contribution is -0.385. The summed E-state index contributed by atoms with van der Waals surface area (Å²) in [4.78, 5) is 22.7. The fourth-order valence-corrected chi connectivity index (χ4v) is 2.34. The minimum atomic E-state index is -0.510. The smallest absolute Gasteiger partial charge is 0.311 e. The van der Waals surface area contributed by atoms with Crippen LogP contribution in [0.2, 0.25) is 0 Å². The van der Waals surface area contributed by atoms with Crippen LogP contribution >= 0.6 is 0 Å². The monoisotopic (exact) mass is 371 g/mol. The van der Waals surface area contributed by atoms with E-state index < -0.39 is 4.92 Å². The average Bonchev–Trinajstić information content (AvgIpc) is 2.67. The number of carbonyl (C=O) groups is 1. The van der Waals surface area contributed by atoms with Gasteiger partial charge >= 0.3 is 5.69 Å². The summed E-state index contributed by atoms with van der Waals surface area (Å²) in [7, 11) is 1.57. The Morgan fingerprint density at radius 2 is 1.93 bits per heavy atom. The lowest BCUT2D eigenvalue weighted by Gasteiger charge is -2.07. The van der Waals surface area contributed by atoms with Crippen molar-refractivity contribution in [2.75, 3.05) is 13.7 Å². The van der Waals surface area contributed by atoms with E-state index >= 15 is 0 Å². The van der Waals surface area contributed by atoms with E-state index in [1.807, 2.05) is 0 Å². The molecular formula is C19H21N3O5. The maximum atomic E-state index is 12.0. The van der Waals surface area contributed by atoms with Crippen molar-refractivity contribution in [2.24, 2.45) is 5.10 Å². The van der Waals surface area contributed by atoms with Crippen LogP contribution in [0.3, 0.4) is 0 Å². The quantitative estimate of drug-likeness (QED) is 0.436. The van der Waals surface area contributed by atoms with E-state index in [1.165, 1.54) is 12.1 Å². The Morgan fingerprint density at radius 3 is 2.52 bits per heavy atom. The summed E-state index contributed by atoms with van der Waals surface area (Å²) >= 11 is 0. The van der Waals surface area contributed by atoms with Gasteiger partial charge in [0.05, 0.1) is 30.8 Å². The Balaban J connectivity index is 2.06. The number of nitro benzene ring substituents is 1. The lowest BCUT2D eigenvalue weighted by atomic mass is 10.1. The van der Waals surface area contributed by atoms with Gasteiger partial charge in [0.15, 0.2) is 5.75 Å². The van der Waals surface area contributed by atoms with Crippen LogP contribution in [0, 0.1) is 10.1 Å². The molecule has 8 nitrogen and oxygen atoms in total. The molecule has 0 aliphatic heterocycles. The van der Waals surface area contributed by atoms with Crippen molar-refractivity contribution in [1.82, 2.24) is 5.43 Å². The predicted octanol–water partition coefficient (Wildman–Crippen LogP) is 3.09. The van der Waals surface area contributed by atoms with Crippen molar-refractivity contribution >= 4 is 17.3 Å². The van der Waals surface area contributed by atoms with Gasteiger partial charge in [0.1, 0.15) is 5.75 Å². The van der Waals surface area contributed by atoms with Crippen molar-refractivity contribution in [3.8, 4) is 11.5 Å². The van der Waals surface area contributed by atoms with Gasteiger partial charge in [0, 0.05) is 11.6 Å². The maximum absolute atomic E-state index is 12.0. The van der Waals surface area contributed by atoms with E-state index in [1.54, 1.807) is 51.3 Å². The number of amides is 1. The number of benzene rings is 2. The third-order valence-electron chi connectivity index (χ3n) is 3.75. The summed E-state index contributed by atoms with van der Waals surface area (Å²) in [6.45, 7) is 3.74. The number of hydrazone groups is 1. The molecule has 0 unspecified atom stereocenters. The first-order valence-corrected chi connectivity index (χ1v) is 8.32. The molecule has 0 aromatic heterocycles. The molecule has 0 spiro atoms. The number of hydrogen-bond donors (Lipinski definition) is 1. The van der Waals surface area contributed by atoms with E-state index in [2.05, 4.69) is 10.5 Å². The molecule has 0 heterocycles. The first-order valence-electron chi connectivity index (χ1n) is 8.32. The number of nitrogens with zero attached hydrogens (tertiary/aromatic N) is 2. The molecule has 142 valence electrons. The molecule has 2 aromatic carbocycles. The zero-order valence-corrected chi connectivity index (χ0v) is 15.4. The number of nitro groups is 1. The first kappa shape index (κ1) is 19.9. The van der Waals surface area contributed by atoms with Crippen LogP contribution in [-0.2, 0) is 11.2 Å². The van der Waals surface area contributed by atoms with Gasteiger partial charge < -0.3 is 9.47 Å². The SMILES string of the molecule is CCOc1ccc(/C(C)=N\NC(=O)Cc2ccc(OC)cc2)cc1[N+](=O)[O-]. The van der Waals surface area contributed by atoms with Crippen molar-refractivity contribution in [1.29, 1.82) is 0 Å². The number of hydrogen-bond acceptors (Lipinski definition) is 6. The van der Waals surface area contributed by atoms with E-state index in [0.29, 0.717) is 23.6 Å². The Labute approximate surface area is 157 Å². The molecule has 0 bridgehead atoms. The molecule has 2 rings (SSSR count). The summed E-state index contributed by atoms with van der Waals surface area (Å²) in [5, 5.41) is 15.2. The Kier molecular flexibility index (Phi) is 6.87. The van der Waals surface area contributed by atoms with E-state index in [4.69, 9.17) is 9.47 Å². The molecule has 27 heavy (non-hydrogen) atoms. The second kappa shape index (κ2) is 9.33. The topological polar surface area (TPSA) is 103 Å². The summed E-state index contributed by atoms with van der Waals surface area (Å²) in [6, 6.07) is 11.7. The lowest BCUT2D eigenvalue weighted by Crippen LogP contribution is -2.21. The highest BCUT2D eigenvalue weighted by atomic mass is 16.6. The molecule has 0 atom stereocenters. The molecule has 0 radical (unpaired) electrons. The number of carbonyl (C=O) groups excluding carboxylic acids is 1. The fraction of sp³-hybridized carbons (Fsp3) is 0.263. The Hall–Kier alpha value is -3.42. The third-order valence-corrected chi connectivity index (χ3v) is 3.75. The van der Waals surface area contributed by atoms with E-state index in [0.717, 1.165) is 5.56 Å². The molecule has 2 aromatic rings. The van der Waals surface area contributed by atoms with Gasteiger partial charge in [-0.05, 0) is 43.7 Å². The number of rotatable bonds is 8. The highest BCUT2D eigenvalue weighted by molar-refractivity contribution is 6.00. The van der Waals surface area contributed by atoms with Crippen molar-refractivity contribution in [3.63, 3.8) is 0 Å². The highest BCUT2D eigenvalue weighted by Gasteiger charge is 2.16.